The van der Waals surface area contributed by atoms with E-state index in [1.807, 2.05) is 0 Å². The molecule has 0 saturated heterocycles. The van der Waals surface area contributed by atoms with Crippen molar-refractivity contribution in [1.82, 2.24) is 4.98 Å². The van der Waals surface area contributed by atoms with Gasteiger partial charge in [-0.1, -0.05) is 13.3 Å². The second kappa shape index (κ2) is 3.28. The van der Waals surface area contributed by atoms with Crippen molar-refractivity contribution in [3.63, 3.8) is 0 Å². The van der Waals surface area contributed by atoms with Crippen molar-refractivity contribution in [2.45, 2.75) is 26.2 Å². The highest BCUT2D eigenvalue weighted by Gasteiger charge is 1.93. The van der Waals surface area contributed by atoms with E-state index in [2.05, 4.69) is 11.9 Å². The van der Waals surface area contributed by atoms with E-state index in [1.165, 1.54) is 12.8 Å². The van der Waals surface area contributed by atoms with E-state index >= 15 is 0 Å². The second-order valence-electron chi connectivity index (χ2n) is 2.03. The molecule has 50 valence electrons. The molecule has 0 saturated carbocycles. The largest absolute Gasteiger partial charge is 0.449 e. The average molecular weight is 125 g/mol. The lowest BCUT2D eigenvalue weighted by Crippen LogP contribution is -1.81. The fourth-order valence-corrected chi connectivity index (χ4v) is 0.704. The Hall–Kier alpha value is -0.790. The Labute approximate surface area is 54.9 Å². The molecule has 0 spiro atoms. The van der Waals surface area contributed by atoms with Gasteiger partial charge in [0.25, 0.3) is 0 Å². The minimum absolute atomic E-state index is 0.858. The predicted octanol–water partition coefficient (Wildman–Crippen LogP) is 2.02. The highest BCUT2D eigenvalue weighted by molar-refractivity contribution is 4.78. The Balaban J connectivity index is 2.30. The summed E-state index contributed by atoms with van der Waals surface area (Å²) in [5, 5.41) is 0. The van der Waals surface area contributed by atoms with Gasteiger partial charge in [-0.15, -0.1) is 0 Å². The van der Waals surface area contributed by atoms with Crippen LogP contribution in [0.25, 0.3) is 0 Å². The topological polar surface area (TPSA) is 26.0 Å². The maximum Gasteiger partial charge on any atom is 0.193 e. The number of aromatic nitrogens is 1. The zero-order valence-corrected chi connectivity index (χ0v) is 5.63. The zero-order valence-electron chi connectivity index (χ0n) is 5.63. The molecule has 0 aliphatic carbocycles. The van der Waals surface area contributed by atoms with Crippen LogP contribution in [0.1, 0.15) is 25.7 Å². The number of oxazole rings is 1. The third kappa shape index (κ3) is 1.88. The quantitative estimate of drug-likeness (QED) is 0.617. The third-order valence-electron chi connectivity index (χ3n) is 1.23. The first-order valence-corrected chi connectivity index (χ1v) is 3.32. The molecule has 0 fully saturated rings. The smallest absolute Gasteiger partial charge is 0.193 e. The summed E-state index contributed by atoms with van der Waals surface area (Å²) in [5.74, 6) is 0.858. The molecule has 0 aliphatic rings. The molecule has 0 bridgehead atoms. The average Bonchev–Trinajstić information content (AvgIpc) is 2.34. The number of hydrogen-bond acceptors (Lipinski definition) is 2. The summed E-state index contributed by atoms with van der Waals surface area (Å²) in [6, 6.07) is 0. The summed E-state index contributed by atoms with van der Waals surface area (Å²) >= 11 is 0. The van der Waals surface area contributed by atoms with Crippen LogP contribution in [0.5, 0.6) is 0 Å². The highest BCUT2D eigenvalue weighted by atomic mass is 16.3. The Bertz CT molecular complexity index is 146. The van der Waals surface area contributed by atoms with Crippen molar-refractivity contribution in [2.24, 2.45) is 0 Å². The summed E-state index contributed by atoms with van der Waals surface area (Å²) < 4.78 is 5.02. The van der Waals surface area contributed by atoms with E-state index in [1.54, 1.807) is 12.5 Å². The van der Waals surface area contributed by atoms with E-state index in [4.69, 9.17) is 4.42 Å². The maximum absolute atomic E-state index is 5.02. The van der Waals surface area contributed by atoms with Gasteiger partial charge in [0.1, 0.15) is 6.26 Å². The molecule has 0 radical (unpaired) electrons. The molecule has 0 N–H and O–H groups in total. The zero-order chi connectivity index (χ0) is 6.53. The van der Waals surface area contributed by atoms with E-state index in [-0.39, 0.29) is 0 Å². The first kappa shape index (κ1) is 6.33. The van der Waals surface area contributed by atoms with Gasteiger partial charge in [0.2, 0.25) is 0 Å². The van der Waals surface area contributed by atoms with E-state index in [0.717, 1.165) is 12.3 Å². The van der Waals surface area contributed by atoms with Crippen LogP contribution in [0.2, 0.25) is 0 Å². The lowest BCUT2D eigenvalue weighted by molar-refractivity contribution is 0.486. The summed E-state index contributed by atoms with van der Waals surface area (Å²) in [5.41, 5.74) is 0. The third-order valence-corrected chi connectivity index (χ3v) is 1.23. The normalized spacial score (nSPS) is 9.89. The minimum Gasteiger partial charge on any atom is -0.449 e. The van der Waals surface area contributed by atoms with Gasteiger partial charge in [0.15, 0.2) is 5.89 Å². The molecule has 0 amide bonds. The van der Waals surface area contributed by atoms with Crippen LogP contribution >= 0.6 is 0 Å². The van der Waals surface area contributed by atoms with Crippen molar-refractivity contribution < 1.29 is 4.42 Å². The van der Waals surface area contributed by atoms with Crippen molar-refractivity contribution in [3.05, 3.63) is 18.4 Å². The monoisotopic (exact) mass is 125 g/mol. The highest BCUT2D eigenvalue weighted by Crippen LogP contribution is 2.00. The molecular weight excluding hydrogens is 114 g/mol. The van der Waals surface area contributed by atoms with Crippen molar-refractivity contribution >= 4 is 0 Å². The SMILES string of the molecule is CCCCc1ncco1. The van der Waals surface area contributed by atoms with Crippen LogP contribution < -0.4 is 0 Å². The summed E-state index contributed by atoms with van der Waals surface area (Å²) in [4.78, 5) is 3.99. The van der Waals surface area contributed by atoms with Gasteiger partial charge in [0, 0.05) is 6.42 Å². The lowest BCUT2D eigenvalue weighted by atomic mass is 10.2. The molecule has 1 rings (SSSR count). The van der Waals surface area contributed by atoms with E-state index < -0.39 is 0 Å². The molecule has 1 aromatic rings. The van der Waals surface area contributed by atoms with Crippen molar-refractivity contribution in [2.75, 3.05) is 0 Å². The molecule has 2 nitrogen and oxygen atoms in total. The number of aryl methyl sites for hydroxylation is 1. The van der Waals surface area contributed by atoms with Crippen LogP contribution in [0.4, 0.5) is 0 Å². The molecular formula is C7H11NO. The van der Waals surface area contributed by atoms with Crippen LogP contribution in [0.15, 0.2) is 16.9 Å². The van der Waals surface area contributed by atoms with Crippen LogP contribution in [-0.4, -0.2) is 4.98 Å². The minimum atomic E-state index is 0.858. The van der Waals surface area contributed by atoms with Gasteiger partial charge in [-0.05, 0) is 6.42 Å². The molecule has 0 aromatic carbocycles. The Kier molecular flexibility index (Phi) is 2.31. The summed E-state index contributed by atoms with van der Waals surface area (Å²) in [6.45, 7) is 2.16. The molecule has 9 heavy (non-hydrogen) atoms. The fraction of sp³-hybridized carbons (Fsp3) is 0.571. The molecule has 2 heteroatoms. The van der Waals surface area contributed by atoms with Gasteiger partial charge in [-0.3, -0.25) is 0 Å². The van der Waals surface area contributed by atoms with Gasteiger partial charge >= 0.3 is 0 Å². The van der Waals surface area contributed by atoms with E-state index in [0.29, 0.717) is 0 Å². The van der Waals surface area contributed by atoms with Gasteiger partial charge in [-0.25, -0.2) is 4.98 Å². The Morgan fingerprint density at radius 1 is 1.67 bits per heavy atom. The Morgan fingerprint density at radius 2 is 2.56 bits per heavy atom. The van der Waals surface area contributed by atoms with Crippen molar-refractivity contribution in [3.8, 4) is 0 Å². The number of hydrogen-bond donors (Lipinski definition) is 0. The molecule has 1 heterocycles. The maximum atomic E-state index is 5.02. The predicted molar refractivity (Wildman–Crippen MR) is 35.1 cm³/mol. The van der Waals surface area contributed by atoms with Crippen molar-refractivity contribution in [1.29, 1.82) is 0 Å². The van der Waals surface area contributed by atoms with Crippen LogP contribution in [-0.2, 0) is 6.42 Å². The van der Waals surface area contributed by atoms with Crippen LogP contribution in [0, 0.1) is 0 Å². The first-order chi connectivity index (χ1) is 4.43. The standard InChI is InChI=1S/C7H11NO/c1-2-3-4-7-8-5-6-9-7/h5-6H,2-4H2,1H3. The number of nitrogens with zero attached hydrogens (tertiary/aromatic N) is 1. The molecule has 1 aromatic heterocycles. The van der Waals surface area contributed by atoms with Gasteiger partial charge in [-0.2, -0.15) is 0 Å². The Morgan fingerprint density at radius 3 is 3.11 bits per heavy atom. The first-order valence-electron chi connectivity index (χ1n) is 3.32. The second-order valence-corrected chi connectivity index (χ2v) is 2.03. The van der Waals surface area contributed by atoms with Crippen LogP contribution in [0.3, 0.4) is 0 Å². The van der Waals surface area contributed by atoms with Gasteiger partial charge in [0.05, 0.1) is 6.20 Å². The fourth-order valence-electron chi connectivity index (χ4n) is 0.704. The summed E-state index contributed by atoms with van der Waals surface area (Å²) in [6.07, 6.45) is 6.64. The molecule has 0 unspecified atom stereocenters. The number of rotatable bonds is 3. The lowest BCUT2D eigenvalue weighted by Gasteiger charge is -1.88. The summed E-state index contributed by atoms with van der Waals surface area (Å²) in [7, 11) is 0. The molecule has 0 aliphatic heterocycles. The number of unbranched alkanes of at least 4 members (excludes halogenated alkanes) is 1. The van der Waals surface area contributed by atoms with E-state index in [9.17, 15) is 0 Å². The van der Waals surface area contributed by atoms with Gasteiger partial charge < -0.3 is 4.42 Å². The molecule has 0 atom stereocenters.